The van der Waals surface area contributed by atoms with Gasteiger partial charge >= 0.3 is 0 Å². The van der Waals surface area contributed by atoms with E-state index in [1.807, 2.05) is 6.07 Å². The third-order valence-corrected chi connectivity index (χ3v) is 3.83. The fourth-order valence-electron chi connectivity index (χ4n) is 2.85. The maximum absolute atomic E-state index is 5.22. The van der Waals surface area contributed by atoms with Crippen LogP contribution in [0.15, 0.2) is 47.5 Å². The van der Waals surface area contributed by atoms with E-state index in [0.717, 1.165) is 35.7 Å². The van der Waals surface area contributed by atoms with Crippen LogP contribution in [-0.2, 0) is 0 Å². The summed E-state index contributed by atoms with van der Waals surface area (Å²) in [7, 11) is 0. The first kappa shape index (κ1) is 11.5. The van der Waals surface area contributed by atoms with Crippen molar-refractivity contribution in [2.24, 2.45) is 0 Å². The number of hydrogen-bond acceptors (Lipinski definition) is 4. The molecule has 1 aromatic rings. The molecule has 3 aliphatic rings. The van der Waals surface area contributed by atoms with E-state index in [0.29, 0.717) is 0 Å². The Labute approximate surface area is 117 Å². The van der Waals surface area contributed by atoms with Crippen LogP contribution < -0.4 is 4.90 Å². The second kappa shape index (κ2) is 4.63. The fourth-order valence-corrected chi connectivity index (χ4v) is 2.85. The zero-order valence-electron chi connectivity index (χ0n) is 11.1. The van der Waals surface area contributed by atoms with E-state index in [2.05, 4.69) is 27.0 Å². The molecular formula is C16H15N3O. The summed E-state index contributed by atoms with van der Waals surface area (Å²) in [4.78, 5) is 11.4. The van der Waals surface area contributed by atoms with Crippen molar-refractivity contribution >= 4 is 5.82 Å². The first-order valence-electron chi connectivity index (χ1n) is 6.94. The second-order valence-corrected chi connectivity index (χ2v) is 5.13. The number of nitrogens with zero attached hydrogens (tertiary/aromatic N) is 3. The summed E-state index contributed by atoms with van der Waals surface area (Å²) in [5.74, 6) is 0.997. The molecule has 1 saturated heterocycles. The van der Waals surface area contributed by atoms with E-state index in [9.17, 15) is 0 Å². The molecule has 0 saturated carbocycles. The molecule has 0 bridgehead atoms. The molecular weight excluding hydrogens is 250 g/mol. The van der Waals surface area contributed by atoms with Gasteiger partial charge in [0.25, 0.3) is 0 Å². The zero-order chi connectivity index (χ0) is 13.4. The molecule has 0 unspecified atom stereocenters. The smallest absolute Gasteiger partial charge is 0.155 e. The Bertz CT molecular complexity index is 670. The van der Waals surface area contributed by atoms with Crippen molar-refractivity contribution in [3.8, 4) is 22.4 Å². The van der Waals surface area contributed by atoms with Gasteiger partial charge in [-0.15, -0.1) is 0 Å². The Morgan fingerprint density at radius 3 is 2.60 bits per heavy atom. The van der Waals surface area contributed by atoms with Crippen LogP contribution in [0.2, 0.25) is 0 Å². The quantitative estimate of drug-likeness (QED) is 0.711. The van der Waals surface area contributed by atoms with Crippen LogP contribution in [0.3, 0.4) is 0 Å². The van der Waals surface area contributed by atoms with Gasteiger partial charge in [0.05, 0.1) is 12.5 Å². The lowest BCUT2D eigenvalue weighted by Crippen LogP contribution is -2.20. The van der Waals surface area contributed by atoms with Gasteiger partial charge in [0.15, 0.2) is 5.82 Å². The van der Waals surface area contributed by atoms with E-state index >= 15 is 0 Å². The molecule has 1 aromatic heterocycles. The fraction of sp³-hybridized carbons (Fsp3) is 0.250. The predicted molar refractivity (Wildman–Crippen MR) is 77.8 cm³/mol. The highest BCUT2D eigenvalue weighted by molar-refractivity contribution is 5.82. The average molecular weight is 265 g/mol. The van der Waals surface area contributed by atoms with Gasteiger partial charge in [-0.2, -0.15) is 0 Å². The maximum atomic E-state index is 5.22. The van der Waals surface area contributed by atoms with Crippen LogP contribution in [0.25, 0.3) is 22.4 Å². The minimum Gasteiger partial charge on any atom is -0.472 e. The van der Waals surface area contributed by atoms with Crippen LogP contribution in [0.1, 0.15) is 12.8 Å². The highest BCUT2D eigenvalue weighted by Crippen LogP contribution is 2.35. The molecule has 3 heterocycles. The molecule has 4 nitrogen and oxygen atoms in total. The largest absolute Gasteiger partial charge is 0.472 e. The first-order chi connectivity index (χ1) is 9.92. The van der Waals surface area contributed by atoms with Crippen molar-refractivity contribution in [2.45, 2.75) is 12.8 Å². The lowest BCUT2D eigenvalue weighted by Gasteiger charge is -2.18. The lowest BCUT2D eigenvalue weighted by atomic mass is 10.2. The van der Waals surface area contributed by atoms with Crippen LogP contribution in [0.4, 0.5) is 5.82 Å². The summed E-state index contributed by atoms with van der Waals surface area (Å²) in [6.07, 6.45) is 9.47. The highest BCUT2D eigenvalue weighted by Gasteiger charge is 2.20. The molecule has 1 aliphatic carbocycles. The minimum atomic E-state index is 0.964. The van der Waals surface area contributed by atoms with Crippen molar-refractivity contribution in [1.82, 2.24) is 9.97 Å². The van der Waals surface area contributed by atoms with Crippen LogP contribution in [0, 0.1) is 0 Å². The SMILES string of the molecule is c1cnc(N2CCCC2)c(-c2cc3ccocc-3c2)n1. The van der Waals surface area contributed by atoms with Gasteiger partial charge in [0.1, 0.15) is 5.69 Å². The van der Waals surface area contributed by atoms with E-state index in [4.69, 9.17) is 4.42 Å². The number of hydrogen-bond donors (Lipinski definition) is 0. The molecule has 0 aromatic carbocycles. The molecule has 20 heavy (non-hydrogen) atoms. The van der Waals surface area contributed by atoms with E-state index < -0.39 is 0 Å². The maximum Gasteiger partial charge on any atom is 0.155 e. The summed E-state index contributed by atoms with van der Waals surface area (Å²) >= 11 is 0. The molecule has 1 fully saturated rings. The summed E-state index contributed by atoms with van der Waals surface area (Å²) < 4.78 is 5.22. The summed E-state index contributed by atoms with van der Waals surface area (Å²) in [5, 5.41) is 0. The minimum absolute atomic E-state index is 0.964. The van der Waals surface area contributed by atoms with Gasteiger partial charge < -0.3 is 9.32 Å². The van der Waals surface area contributed by atoms with Gasteiger partial charge in [0.2, 0.25) is 0 Å². The van der Waals surface area contributed by atoms with E-state index in [1.165, 1.54) is 18.4 Å². The van der Waals surface area contributed by atoms with Crippen LogP contribution >= 0.6 is 0 Å². The van der Waals surface area contributed by atoms with Gasteiger partial charge in [0, 0.05) is 36.6 Å². The summed E-state index contributed by atoms with van der Waals surface area (Å²) in [6.45, 7) is 2.14. The molecule has 4 rings (SSSR count). The monoisotopic (exact) mass is 265 g/mol. The Morgan fingerprint density at radius 2 is 1.75 bits per heavy atom. The molecule has 4 heteroatoms. The molecule has 0 N–H and O–H groups in total. The number of rotatable bonds is 2. The average Bonchev–Trinajstić information content (AvgIpc) is 3.16. The van der Waals surface area contributed by atoms with Crippen molar-refractivity contribution < 1.29 is 4.42 Å². The Balaban J connectivity index is 1.84. The highest BCUT2D eigenvalue weighted by atomic mass is 16.3. The third kappa shape index (κ3) is 1.84. The predicted octanol–water partition coefficient (Wildman–Crippen LogP) is 3.44. The first-order valence-corrected chi connectivity index (χ1v) is 6.94. The van der Waals surface area contributed by atoms with Crippen molar-refractivity contribution in [2.75, 3.05) is 18.0 Å². The lowest BCUT2D eigenvalue weighted by molar-refractivity contribution is 0.552. The van der Waals surface area contributed by atoms with Crippen molar-refractivity contribution in [1.29, 1.82) is 0 Å². The Kier molecular flexibility index (Phi) is 2.66. The molecule has 0 radical (unpaired) electrons. The van der Waals surface area contributed by atoms with E-state index in [-0.39, 0.29) is 0 Å². The summed E-state index contributed by atoms with van der Waals surface area (Å²) in [6, 6.07) is 6.24. The number of anilines is 1. The second-order valence-electron chi connectivity index (χ2n) is 5.13. The topological polar surface area (TPSA) is 42.2 Å². The third-order valence-electron chi connectivity index (χ3n) is 3.83. The Hall–Kier alpha value is -2.36. The molecule has 0 spiro atoms. The van der Waals surface area contributed by atoms with Gasteiger partial charge in [-0.3, -0.25) is 4.98 Å². The normalized spacial score (nSPS) is 15.1. The van der Waals surface area contributed by atoms with Crippen LogP contribution in [0.5, 0.6) is 0 Å². The molecule has 0 atom stereocenters. The standard InChI is InChI=1S/C16H15N3O/c1-2-7-19(6-1)16-15(17-4-5-18-16)13-9-12-3-8-20-11-14(12)10-13/h3-5,8-11H,1-2,6-7H2. The van der Waals surface area contributed by atoms with Gasteiger partial charge in [-0.25, -0.2) is 4.98 Å². The van der Waals surface area contributed by atoms with Crippen molar-refractivity contribution in [3.63, 3.8) is 0 Å². The molecule has 100 valence electrons. The summed E-state index contributed by atoms with van der Waals surface area (Å²) in [5.41, 5.74) is 4.34. The van der Waals surface area contributed by atoms with Crippen LogP contribution in [-0.4, -0.2) is 23.1 Å². The zero-order valence-corrected chi connectivity index (χ0v) is 11.1. The van der Waals surface area contributed by atoms with E-state index in [1.54, 1.807) is 24.9 Å². The molecule has 2 aliphatic heterocycles. The molecule has 0 amide bonds. The number of fused-ring (bicyclic) bond motifs is 1. The van der Waals surface area contributed by atoms with Crippen molar-refractivity contribution in [3.05, 3.63) is 43.1 Å². The van der Waals surface area contributed by atoms with Gasteiger partial charge in [-0.05, 0) is 36.6 Å². The van der Waals surface area contributed by atoms with Gasteiger partial charge in [-0.1, -0.05) is 0 Å². The number of aromatic nitrogens is 2. The Morgan fingerprint density at radius 1 is 0.950 bits per heavy atom.